The number of hydrogen-bond acceptors (Lipinski definition) is 3. The Kier molecular flexibility index (Phi) is 11.3. The van der Waals surface area contributed by atoms with Crippen LogP contribution in [0.2, 0.25) is 0 Å². The minimum Gasteiger partial charge on any atom is -0.315 e. The predicted octanol–water partition coefficient (Wildman–Crippen LogP) is 5.14. The van der Waals surface area contributed by atoms with Crippen molar-refractivity contribution in [3.63, 3.8) is 0 Å². The highest BCUT2D eigenvalue weighted by atomic mass is 19.4. The molecule has 162 valence electrons. The number of halogens is 3. The van der Waals surface area contributed by atoms with Crippen molar-refractivity contribution in [2.24, 2.45) is 11.3 Å². The van der Waals surface area contributed by atoms with Gasteiger partial charge >= 0.3 is 6.18 Å². The molecule has 1 aromatic rings. The summed E-state index contributed by atoms with van der Waals surface area (Å²) in [6, 6.07) is 0. The summed E-state index contributed by atoms with van der Waals surface area (Å²) >= 11 is 0. The first-order chi connectivity index (χ1) is 13.0. The molecule has 0 unspecified atom stereocenters. The molecule has 0 atom stereocenters. The third-order valence-corrected chi connectivity index (χ3v) is 4.66. The van der Waals surface area contributed by atoms with Crippen molar-refractivity contribution in [1.82, 2.24) is 15.5 Å². The Labute approximate surface area is 167 Å². The van der Waals surface area contributed by atoms with Crippen LogP contribution in [-0.4, -0.2) is 23.3 Å². The van der Waals surface area contributed by atoms with E-state index in [1.165, 1.54) is 6.42 Å². The zero-order valence-corrected chi connectivity index (χ0v) is 18.1. The van der Waals surface area contributed by atoms with E-state index >= 15 is 0 Å². The third-order valence-electron chi connectivity index (χ3n) is 4.66. The highest BCUT2D eigenvalue weighted by Crippen LogP contribution is 2.33. The number of nitrogens with one attached hydrogen (secondary N) is 2. The summed E-state index contributed by atoms with van der Waals surface area (Å²) in [5.74, 6) is 0.884. The maximum Gasteiger partial charge on any atom is 0.422 e. The van der Waals surface area contributed by atoms with E-state index in [0.29, 0.717) is 30.4 Å². The first-order valence-corrected chi connectivity index (χ1v) is 10.1. The normalized spacial score (nSPS) is 16.2. The largest absolute Gasteiger partial charge is 0.422 e. The van der Waals surface area contributed by atoms with Gasteiger partial charge in [0.25, 0.3) is 5.56 Å². The Bertz CT molecular complexity index is 647. The molecule has 1 aromatic heterocycles. The van der Waals surface area contributed by atoms with Crippen LogP contribution < -0.4 is 10.9 Å². The molecule has 2 N–H and O–H groups in total. The summed E-state index contributed by atoms with van der Waals surface area (Å²) in [5.41, 5.74) is -1.35. The van der Waals surface area contributed by atoms with Crippen LogP contribution in [-0.2, 0) is 19.0 Å². The van der Waals surface area contributed by atoms with E-state index in [1.807, 2.05) is 25.0 Å². The van der Waals surface area contributed by atoms with Gasteiger partial charge < -0.3 is 5.32 Å². The molecule has 0 bridgehead atoms. The van der Waals surface area contributed by atoms with Gasteiger partial charge in [-0.3, -0.25) is 4.79 Å². The minimum atomic E-state index is -4.58. The van der Waals surface area contributed by atoms with E-state index in [2.05, 4.69) is 44.7 Å². The Morgan fingerprint density at radius 1 is 1.25 bits per heavy atom. The number of aryl methyl sites for hydroxylation is 1. The van der Waals surface area contributed by atoms with E-state index in [9.17, 15) is 18.0 Å². The van der Waals surface area contributed by atoms with Crippen molar-refractivity contribution in [2.75, 3.05) is 13.1 Å². The average molecular weight is 404 g/mol. The van der Waals surface area contributed by atoms with Gasteiger partial charge in [0.2, 0.25) is 0 Å². The fourth-order valence-electron chi connectivity index (χ4n) is 2.40. The lowest BCUT2D eigenvalue weighted by Crippen LogP contribution is -2.49. The number of H-pyrrole nitrogens is 1. The maximum absolute atomic E-state index is 12.5. The molecule has 0 saturated carbocycles. The van der Waals surface area contributed by atoms with Crippen LogP contribution in [0.5, 0.6) is 0 Å². The molecule has 0 radical (unpaired) electrons. The molecule has 28 heavy (non-hydrogen) atoms. The zero-order valence-electron chi connectivity index (χ0n) is 18.1. The number of alkyl halides is 3. The molecular weight excluding hydrogens is 367 g/mol. The molecule has 1 saturated heterocycles. The van der Waals surface area contributed by atoms with Crippen LogP contribution >= 0.6 is 0 Å². The van der Waals surface area contributed by atoms with Crippen molar-refractivity contribution in [2.45, 2.75) is 73.4 Å². The number of aromatic nitrogens is 2. The highest BCUT2D eigenvalue weighted by molar-refractivity contribution is 5.33. The molecule has 4 nitrogen and oxygen atoms in total. The number of aromatic amines is 1. The predicted molar refractivity (Wildman–Crippen MR) is 110 cm³/mol. The summed E-state index contributed by atoms with van der Waals surface area (Å²) in [6.07, 6.45) is 0.174. The van der Waals surface area contributed by atoms with Crippen molar-refractivity contribution >= 4 is 0 Å². The molecule has 7 heteroatoms. The van der Waals surface area contributed by atoms with Crippen molar-refractivity contribution in [1.29, 1.82) is 0 Å². The van der Waals surface area contributed by atoms with E-state index < -0.39 is 17.3 Å². The lowest BCUT2D eigenvalue weighted by molar-refractivity contribution is -0.139. The first-order valence-electron chi connectivity index (χ1n) is 10.1. The molecule has 2 heterocycles. The van der Waals surface area contributed by atoms with Gasteiger partial charge in [-0.05, 0) is 30.7 Å². The molecular formula is C21H36F3N3O. The monoisotopic (exact) mass is 403 g/mol. The number of hydrogen-bond donors (Lipinski definition) is 2. The molecule has 0 spiro atoms. The average Bonchev–Trinajstić information content (AvgIpc) is 3.09. The maximum atomic E-state index is 12.5. The van der Waals surface area contributed by atoms with Gasteiger partial charge in [0.15, 0.2) is 0 Å². The standard InChI is InChI=1S/C8H7F3N2O.C6H11N.C5H12.C2H6/c9-8(10,11)6-4-2-1-3-5(4)12-13-7(6)14;1-3-6(2)4-7-5-6;1-4-5(2)3;1-2/h1-3H2,(H,13,14);3,7H,1,4-5H2,2H3;5H,4H2,1-3H3;1-2H3. The van der Waals surface area contributed by atoms with Gasteiger partial charge in [-0.25, -0.2) is 5.10 Å². The summed E-state index contributed by atoms with van der Waals surface area (Å²) in [5, 5.41) is 8.66. The SMILES string of the molecule is C=CC1(C)CNC1.CC.CCC(C)C.O=c1[nH]nc2c(c1C(F)(F)F)CCC2. The van der Waals surface area contributed by atoms with Gasteiger partial charge in [-0.1, -0.05) is 54.0 Å². The fourth-order valence-corrected chi connectivity index (χ4v) is 2.40. The quantitative estimate of drug-likeness (QED) is 0.673. The van der Waals surface area contributed by atoms with E-state index in [1.54, 1.807) is 0 Å². The topological polar surface area (TPSA) is 57.8 Å². The molecule has 2 aliphatic rings. The second kappa shape index (κ2) is 12.0. The molecule has 3 rings (SSSR count). The summed E-state index contributed by atoms with van der Waals surface area (Å²) in [4.78, 5) is 11.0. The molecule has 0 aromatic carbocycles. The van der Waals surface area contributed by atoms with Crippen LogP contribution in [0.3, 0.4) is 0 Å². The zero-order chi connectivity index (χ0) is 22.0. The van der Waals surface area contributed by atoms with Crippen LogP contribution in [0, 0.1) is 11.3 Å². The minimum absolute atomic E-state index is 0.0706. The van der Waals surface area contributed by atoms with Crippen LogP contribution in [0.25, 0.3) is 0 Å². The molecule has 1 fully saturated rings. The van der Waals surface area contributed by atoms with Gasteiger partial charge in [-0.2, -0.15) is 18.3 Å². The van der Waals surface area contributed by atoms with Crippen molar-refractivity contribution < 1.29 is 13.2 Å². The number of fused-ring (bicyclic) bond motifs is 1. The highest BCUT2D eigenvalue weighted by Gasteiger charge is 2.39. The smallest absolute Gasteiger partial charge is 0.315 e. The van der Waals surface area contributed by atoms with Crippen molar-refractivity contribution in [3.8, 4) is 0 Å². The lowest BCUT2D eigenvalue weighted by Gasteiger charge is -2.36. The summed E-state index contributed by atoms with van der Waals surface area (Å²) in [7, 11) is 0. The number of nitrogens with zero attached hydrogens (tertiary/aromatic N) is 1. The molecule has 0 amide bonds. The number of rotatable bonds is 2. The first kappa shape index (κ1) is 26.4. The van der Waals surface area contributed by atoms with Crippen LogP contribution in [0.4, 0.5) is 13.2 Å². The third kappa shape index (κ3) is 8.17. The second-order valence-corrected chi connectivity index (χ2v) is 7.47. The fraction of sp³-hybridized carbons (Fsp3) is 0.714. The lowest BCUT2D eigenvalue weighted by atomic mass is 9.85. The van der Waals surface area contributed by atoms with Crippen LogP contribution in [0.1, 0.15) is 71.2 Å². The van der Waals surface area contributed by atoms with E-state index in [-0.39, 0.29) is 5.56 Å². The summed E-state index contributed by atoms with van der Waals surface area (Å²) in [6.45, 7) is 18.8. The molecule has 1 aliphatic heterocycles. The van der Waals surface area contributed by atoms with Gasteiger partial charge in [0, 0.05) is 18.5 Å². The van der Waals surface area contributed by atoms with Crippen molar-refractivity contribution in [3.05, 3.63) is 39.8 Å². The Morgan fingerprint density at radius 3 is 2.11 bits per heavy atom. The summed E-state index contributed by atoms with van der Waals surface area (Å²) < 4.78 is 37.4. The van der Waals surface area contributed by atoms with Crippen LogP contribution in [0.15, 0.2) is 17.4 Å². The second-order valence-electron chi connectivity index (χ2n) is 7.47. The van der Waals surface area contributed by atoms with Gasteiger partial charge in [0.05, 0.1) is 5.69 Å². The van der Waals surface area contributed by atoms with Gasteiger partial charge in [0.1, 0.15) is 5.56 Å². The Morgan fingerprint density at radius 2 is 1.79 bits per heavy atom. The molecule has 1 aliphatic carbocycles. The van der Waals surface area contributed by atoms with Gasteiger partial charge in [-0.15, -0.1) is 6.58 Å². The van der Waals surface area contributed by atoms with E-state index in [4.69, 9.17) is 0 Å². The van der Waals surface area contributed by atoms with E-state index in [0.717, 1.165) is 19.0 Å². The Balaban J connectivity index is 0.000000437. The Hall–Kier alpha value is -1.63.